The third-order valence-corrected chi connectivity index (χ3v) is 6.70. The highest BCUT2D eigenvalue weighted by atomic mass is 79.9. The zero-order valence-corrected chi connectivity index (χ0v) is 13.1. The second kappa shape index (κ2) is 6.14. The molecule has 1 rings (SSSR count). The molecule has 0 bridgehead atoms. The molecule has 5 nitrogen and oxygen atoms in total. The van der Waals surface area contributed by atoms with Crippen molar-refractivity contribution in [3.05, 3.63) is 15.9 Å². The second-order valence-electron chi connectivity index (χ2n) is 3.88. The molecule has 0 aliphatic carbocycles. The van der Waals surface area contributed by atoms with Crippen LogP contribution in [0.4, 0.5) is 0 Å². The van der Waals surface area contributed by atoms with Crippen LogP contribution in [0.15, 0.2) is 20.1 Å². The minimum Gasteiger partial charge on any atom is -0.480 e. The van der Waals surface area contributed by atoms with Gasteiger partial charge in [-0.15, -0.1) is 11.3 Å². The lowest BCUT2D eigenvalue weighted by molar-refractivity contribution is -0.140. The average Bonchev–Trinajstić information content (AvgIpc) is 2.72. The van der Waals surface area contributed by atoms with Gasteiger partial charge in [0.15, 0.2) is 0 Å². The van der Waals surface area contributed by atoms with Gasteiger partial charge in [0.2, 0.25) is 0 Å². The van der Waals surface area contributed by atoms with Crippen LogP contribution in [-0.2, 0) is 14.8 Å². The Bertz CT molecular complexity index is 526. The molecule has 2 atom stereocenters. The summed E-state index contributed by atoms with van der Waals surface area (Å²) < 4.78 is 26.9. The van der Waals surface area contributed by atoms with Gasteiger partial charge in [0, 0.05) is 4.47 Å². The second-order valence-corrected chi connectivity index (χ2v) is 7.56. The lowest BCUT2D eigenvalue weighted by Gasteiger charge is -2.19. The van der Waals surface area contributed by atoms with E-state index in [9.17, 15) is 13.2 Å². The van der Waals surface area contributed by atoms with Gasteiger partial charge in [-0.3, -0.25) is 4.79 Å². The lowest BCUT2D eigenvalue weighted by atomic mass is 10.0. The number of aliphatic carboxylic acids is 1. The molecule has 0 aromatic carbocycles. The number of halogens is 1. The molecule has 0 aliphatic rings. The summed E-state index contributed by atoms with van der Waals surface area (Å²) in [5.74, 6) is -1.45. The summed E-state index contributed by atoms with van der Waals surface area (Å²) in [7, 11) is -3.81. The fraction of sp³-hybridized carbons (Fsp3) is 0.500. The number of sulfonamides is 1. The van der Waals surface area contributed by atoms with Crippen LogP contribution in [-0.4, -0.2) is 25.5 Å². The Balaban J connectivity index is 3.01. The zero-order chi connectivity index (χ0) is 13.9. The van der Waals surface area contributed by atoms with E-state index in [1.54, 1.807) is 18.4 Å². The highest BCUT2D eigenvalue weighted by Crippen LogP contribution is 2.28. The third kappa shape index (κ3) is 3.53. The molecule has 0 amide bonds. The predicted molar refractivity (Wildman–Crippen MR) is 73.2 cm³/mol. The van der Waals surface area contributed by atoms with Gasteiger partial charge in [-0.05, 0) is 33.3 Å². The van der Waals surface area contributed by atoms with Gasteiger partial charge in [-0.25, -0.2) is 8.42 Å². The molecule has 8 heteroatoms. The van der Waals surface area contributed by atoms with E-state index in [1.165, 1.54) is 0 Å². The van der Waals surface area contributed by atoms with Crippen LogP contribution < -0.4 is 4.72 Å². The molecule has 0 radical (unpaired) electrons. The van der Waals surface area contributed by atoms with Crippen molar-refractivity contribution in [2.24, 2.45) is 5.92 Å². The van der Waals surface area contributed by atoms with Crippen molar-refractivity contribution < 1.29 is 18.3 Å². The maximum atomic E-state index is 12.1. The van der Waals surface area contributed by atoms with E-state index in [-0.39, 0.29) is 10.1 Å². The molecule has 102 valence electrons. The molecule has 2 N–H and O–H groups in total. The summed E-state index contributed by atoms with van der Waals surface area (Å²) in [5.41, 5.74) is 0. The Labute approximate surface area is 118 Å². The summed E-state index contributed by atoms with van der Waals surface area (Å²) in [6.45, 7) is 3.51. The van der Waals surface area contributed by atoms with E-state index in [4.69, 9.17) is 5.11 Å². The summed E-state index contributed by atoms with van der Waals surface area (Å²) in [4.78, 5) is 11.1. The van der Waals surface area contributed by atoms with E-state index in [0.29, 0.717) is 10.9 Å². The van der Waals surface area contributed by atoms with Gasteiger partial charge in [-0.2, -0.15) is 4.72 Å². The number of carboxylic acids is 1. The Kier molecular flexibility index (Phi) is 5.32. The van der Waals surface area contributed by atoms with E-state index in [0.717, 1.165) is 11.3 Å². The average molecular weight is 356 g/mol. The SMILES string of the molecule is CCC(C)C(NS(=O)(=O)c1sccc1Br)C(=O)O. The summed E-state index contributed by atoms with van der Waals surface area (Å²) in [5, 5.41) is 10.7. The molecule has 0 saturated carbocycles. The first-order valence-corrected chi connectivity index (χ1v) is 8.43. The normalized spacial score (nSPS) is 15.3. The number of hydrogen-bond acceptors (Lipinski definition) is 4. The van der Waals surface area contributed by atoms with Crippen molar-refractivity contribution in [3.8, 4) is 0 Å². The van der Waals surface area contributed by atoms with Gasteiger partial charge >= 0.3 is 5.97 Å². The van der Waals surface area contributed by atoms with E-state index < -0.39 is 22.0 Å². The van der Waals surface area contributed by atoms with Crippen LogP contribution >= 0.6 is 27.3 Å². The molecule has 1 aromatic heterocycles. The number of nitrogens with one attached hydrogen (secondary N) is 1. The molecular weight excluding hydrogens is 342 g/mol. The van der Waals surface area contributed by atoms with E-state index in [2.05, 4.69) is 20.7 Å². The number of thiophene rings is 1. The molecule has 0 aliphatic heterocycles. The number of carbonyl (C=O) groups is 1. The fourth-order valence-corrected chi connectivity index (χ4v) is 4.99. The summed E-state index contributed by atoms with van der Waals surface area (Å²) >= 11 is 4.17. The zero-order valence-electron chi connectivity index (χ0n) is 9.88. The Morgan fingerprint density at radius 2 is 2.22 bits per heavy atom. The molecule has 1 heterocycles. The van der Waals surface area contributed by atoms with Crippen molar-refractivity contribution in [3.63, 3.8) is 0 Å². The Morgan fingerprint density at radius 1 is 1.61 bits per heavy atom. The van der Waals surface area contributed by atoms with Crippen molar-refractivity contribution in [2.45, 2.75) is 30.5 Å². The Morgan fingerprint density at radius 3 is 2.61 bits per heavy atom. The first-order valence-electron chi connectivity index (χ1n) is 5.27. The maximum absolute atomic E-state index is 12.1. The van der Waals surface area contributed by atoms with Crippen molar-refractivity contribution in [2.75, 3.05) is 0 Å². The van der Waals surface area contributed by atoms with Gasteiger partial charge in [-0.1, -0.05) is 20.3 Å². The minimum atomic E-state index is -3.81. The van der Waals surface area contributed by atoms with Crippen LogP contribution in [0.25, 0.3) is 0 Å². The van der Waals surface area contributed by atoms with Crippen LogP contribution in [0.3, 0.4) is 0 Å². The largest absolute Gasteiger partial charge is 0.480 e. The van der Waals surface area contributed by atoms with Gasteiger partial charge in [0.1, 0.15) is 10.3 Å². The number of rotatable bonds is 6. The standard InChI is InChI=1S/C10H14BrNO4S2/c1-3-6(2)8(9(13)14)12-18(15,16)10-7(11)4-5-17-10/h4-6,8,12H,3H2,1-2H3,(H,13,14). The van der Waals surface area contributed by atoms with Crippen LogP contribution in [0.5, 0.6) is 0 Å². The molecule has 18 heavy (non-hydrogen) atoms. The van der Waals surface area contributed by atoms with Crippen molar-refractivity contribution in [1.29, 1.82) is 0 Å². The smallest absolute Gasteiger partial charge is 0.322 e. The molecule has 2 unspecified atom stereocenters. The first-order chi connectivity index (χ1) is 8.29. The summed E-state index contributed by atoms with van der Waals surface area (Å²) in [6.07, 6.45) is 0.575. The highest BCUT2D eigenvalue weighted by Gasteiger charge is 2.30. The third-order valence-electron chi connectivity index (χ3n) is 2.59. The highest BCUT2D eigenvalue weighted by molar-refractivity contribution is 9.10. The fourth-order valence-electron chi connectivity index (χ4n) is 1.34. The minimum absolute atomic E-state index is 0.0945. The van der Waals surface area contributed by atoms with Gasteiger partial charge in [0.05, 0.1) is 0 Å². The van der Waals surface area contributed by atoms with Crippen molar-refractivity contribution in [1.82, 2.24) is 4.72 Å². The topological polar surface area (TPSA) is 83.5 Å². The first kappa shape index (κ1) is 15.6. The molecule has 0 saturated heterocycles. The summed E-state index contributed by atoms with van der Waals surface area (Å²) in [6, 6.07) is 0.493. The van der Waals surface area contributed by atoms with E-state index in [1.807, 2.05) is 6.92 Å². The molecular formula is C10H14BrNO4S2. The predicted octanol–water partition coefficient (Wildman–Crippen LogP) is 2.29. The van der Waals surface area contributed by atoms with Crippen molar-refractivity contribution >= 4 is 43.3 Å². The Hall–Kier alpha value is -0.440. The van der Waals surface area contributed by atoms with Crippen LogP contribution in [0.2, 0.25) is 0 Å². The quantitative estimate of drug-likeness (QED) is 0.819. The molecule has 0 fully saturated rings. The number of carboxylic acid groups (broad SMARTS) is 1. The molecule has 0 spiro atoms. The maximum Gasteiger partial charge on any atom is 0.322 e. The monoisotopic (exact) mass is 355 g/mol. The molecule has 1 aromatic rings. The van der Waals surface area contributed by atoms with E-state index >= 15 is 0 Å². The lowest BCUT2D eigenvalue weighted by Crippen LogP contribution is -2.44. The van der Waals surface area contributed by atoms with Crippen LogP contribution in [0, 0.1) is 5.92 Å². The van der Waals surface area contributed by atoms with Crippen LogP contribution in [0.1, 0.15) is 20.3 Å². The van der Waals surface area contributed by atoms with Gasteiger partial charge in [0.25, 0.3) is 10.0 Å². The number of hydrogen-bond donors (Lipinski definition) is 2. The van der Waals surface area contributed by atoms with Gasteiger partial charge < -0.3 is 5.11 Å².